The maximum atomic E-state index is 13.9. The van der Waals surface area contributed by atoms with Crippen molar-refractivity contribution in [3.8, 4) is 0 Å². The van der Waals surface area contributed by atoms with Gasteiger partial charge in [0, 0.05) is 36.8 Å². The first-order chi connectivity index (χ1) is 14.6. The molecule has 31 heavy (non-hydrogen) atoms. The van der Waals surface area contributed by atoms with Gasteiger partial charge in [0.15, 0.2) is 11.6 Å². The zero-order valence-electron chi connectivity index (χ0n) is 16.5. The van der Waals surface area contributed by atoms with E-state index in [-0.39, 0.29) is 17.9 Å². The van der Waals surface area contributed by atoms with Gasteiger partial charge < -0.3 is 9.67 Å². The lowest BCUT2D eigenvalue weighted by molar-refractivity contribution is -0.136. The second-order valence-corrected chi connectivity index (χ2v) is 9.56. The van der Waals surface area contributed by atoms with Crippen molar-refractivity contribution in [2.24, 2.45) is 0 Å². The fraction of sp³-hybridized carbons (Fsp3) is 0.286. The Hall–Kier alpha value is -2.85. The molecule has 3 aromatic rings. The number of benzene rings is 2. The molecule has 0 saturated heterocycles. The monoisotopic (exact) mass is 452 g/mol. The predicted molar refractivity (Wildman–Crippen MR) is 107 cm³/mol. The Morgan fingerprint density at radius 3 is 2.45 bits per heavy atom. The number of carboxylic acid groups (broad SMARTS) is 1. The summed E-state index contributed by atoms with van der Waals surface area (Å²) in [5.74, 6) is -3.79. The third-order valence-electron chi connectivity index (χ3n) is 5.77. The van der Waals surface area contributed by atoms with Crippen LogP contribution in [0, 0.1) is 17.5 Å². The topological polar surface area (TPSA) is 79.6 Å². The number of carboxylic acids is 1. The molecule has 0 spiro atoms. The predicted octanol–water partition coefficient (Wildman–Crippen LogP) is 3.32. The first-order valence-corrected chi connectivity index (χ1v) is 11.0. The van der Waals surface area contributed by atoms with Crippen LogP contribution in [0.2, 0.25) is 0 Å². The molecular weight excluding hydrogens is 433 g/mol. The average Bonchev–Trinajstić information content (AvgIpc) is 3.00. The van der Waals surface area contributed by atoms with Gasteiger partial charge >= 0.3 is 5.97 Å². The minimum Gasteiger partial charge on any atom is -0.481 e. The van der Waals surface area contributed by atoms with E-state index in [1.165, 1.54) is 23.5 Å². The number of carbonyl (C=O) groups is 1. The van der Waals surface area contributed by atoms with Crippen LogP contribution < -0.4 is 0 Å². The minimum atomic E-state index is -3.91. The van der Waals surface area contributed by atoms with Gasteiger partial charge in [-0.1, -0.05) is 0 Å². The number of rotatable bonds is 5. The maximum Gasteiger partial charge on any atom is 0.307 e. The van der Waals surface area contributed by atoms with Gasteiger partial charge in [0.05, 0.1) is 16.8 Å². The molecule has 1 aromatic heterocycles. The van der Waals surface area contributed by atoms with E-state index in [9.17, 15) is 31.5 Å². The SMILES string of the molecule is CN([C@@H]1CCc2c(CC(=O)O)c3cc(F)c(F)cc3n2C1)S(=O)(=O)c1ccc(F)cc1. The molecule has 0 aliphatic carbocycles. The summed E-state index contributed by atoms with van der Waals surface area (Å²) in [6.45, 7) is 0.146. The van der Waals surface area contributed by atoms with Crippen molar-refractivity contribution >= 4 is 26.9 Å². The number of hydrogen-bond acceptors (Lipinski definition) is 3. The van der Waals surface area contributed by atoms with E-state index in [4.69, 9.17) is 0 Å². The van der Waals surface area contributed by atoms with Crippen LogP contribution in [-0.4, -0.2) is 41.5 Å². The molecule has 6 nitrogen and oxygen atoms in total. The Bertz CT molecular complexity index is 1290. The maximum absolute atomic E-state index is 13.9. The van der Waals surface area contributed by atoms with Crippen molar-refractivity contribution in [3.63, 3.8) is 0 Å². The van der Waals surface area contributed by atoms with Gasteiger partial charge in [-0.3, -0.25) is 4.79 Å². The van der Waals surface area contributed by atoms with Crippen molar-refractivity contribution in [2.75, 3.05) is 7.05 Å². The molecule has 0 bridgehead atoms. The molecule has 164 valence electrons. The first kappa shape index (κ1) is 21.4. The second-order valence-electron chi connectivity index (χ2n) is 7.56. The summed E-state index contributed by atoms with van der Waals surface area (Å²) < 4.78 is 69.8. The molecule has 2 aromatic carbocycles. The van der Waals surface area contributed by atoms with Gasteiger partial charge in [0.1, 0.15) is 5.82 Å². The molecule has 0 unspecified atom stereocenters. The number of nitrogens with zero attached hydrogens (tertiary/aromatic N) is 2. The van der Waals surface area contributed by atoms with Gasteiger partial charge in [0.2, 0.25) is 10.0 Å². The number of likely N-dealkylation sites (N-methyl/N-ethyl adjacent to an activating group) is 1. The minimum absolute atomic E-state index is 0.0563. The second kappa shape index (κ2) is 7.69. The molecule has 4 rings (SSSR count). The largest absolute Gasteiger partial charge is 0.481 e. The molecule has 1 aliphatic heterocycles. The number of halogens is 3. The number of sulfonamides is 1. The van der Waals surface area contributed by atoms with Crippen LogP contribution in [0.3, 0.4) is 0 Å². The van der Waals surface area contributed by atoms with Crippen LogP contribution in [0.15, 0.2) is 41.3 Å². The van der Waals surface area contributed by atoms with Crippen LogP contribution in [0.5, 0.6) is 0 Å². The van der Waals surface area contributed by atoms with Crippen molar-refractivity contribution in [1.82, 2.24) is 8.87 Å². The Balaban J connectivity index is 1.75. The molecule has 0 saturated carbocycles. The summed E-state index contributed by atoms with van der Waals surface area (Å²) >= 11 is 0. The van der Waals surface area contributed by atoms with E-state index in [0.717, 1.165) is 24.3 Å². The van der Waals surface area contributed by atoms with Crippen molar-refractivity contribution in [3.05, 3.63) is 65.1 Å². The first-order valence-electron chi connectivity index (χ1n) is 9.54. The Morgan fingerprint density at radius 1 is 1.16 bits per heavy atom. The number of aromatic nitrogens is 1. The quantitative estimate of drug-likeness (QED) is 0.644. The number of hydrogen-bond donors (Lipinski definition) is 1. The summed E-state index contributed by atoms with van der Waals surface area (Å²) in [6, 6.07) is 5.98. The summed E-state index contributed by atoms with van der Waals surface area (Å²) in [4.78, 5) is 11.3. The van der Waals surface area contributed by atoms with Crippen LogP contribution >= 0.6 is 0 Å². The molecule has 0 radical (unpaired) electrons. The highest BCUT2D eigenvalue weighted by Gasteiger charge is 2.33. The average molecular weight is 452 g/mol. The summed E-state index contributed by atoms with van der Waals surface area (Å²) in [5.41, 5.74) is 1.36. The van der Waals surface area contributed by atoms with Crippen LogP contribution in [0.25, 0.3) is 10.9 Å². The third-order valence-corrected chi connectivity index (χ3v) is 7.69. The van der Waals surface area contributed by atoms with Gasteiger partial charge in [-0.15, -0.1) is 0 Å². The summed E-state index contributed by atoms with van der Waals surface area (Å²) in [5, 5.41) is 9.58. The molecule has 0 fully saturated rings. The van der Waals surface area contributed by atoms with Gasteiger partial charge in [-0.05, 0) is 48.7 Å². The van der Waals surface area contributed by atoms with E-state index in [1.807, 2.05) is 0 Å². The fourth-order valence-electron chi connectivity index (χ4n) is 4.18. The highest BCUT2D eigenvalue weighted by molar-refractivity contribution is 7.89. The molecule has 1 aliphatic rings. The van der Waals surface area contributed by atoms with Crippen molar-refractivity contribution in [1.29, 1.82) is 0 Å². The third kappa shape index (κ3) is 3.70. The van der Waals surface area contributed by atoms with Crippen LogP contribution in [0.1, 0.15) is 17.7 Å². The zero-order valence-corrected chi connectivity index (χ0v) is 17.3. The normalized spacial score (nSPS) is 16.6. The van der Waals surface area contributed by atoms with E-state index in [0.29, 0.717) is 35.0 Å². The van der Waals surface area contributed by atoms with Gasteiger partial charge in [0.25, 0.3) is 0 Å². The summed E-state index contributed by atoms with van der Waals surface area (Å²) in [6.07, 6.45) is 0.387. The van der Waals surface area contributed by atoms with Crippen LogP contribution in [-0.2, 0) is 34.2 Å². The van der Waals surface area contributed by atoms with E-state index in [1.54, 1.807) is 4.57 Å². The Morgan fingerprint density at radius 2 is 1.81 bits per heavy atom. The van der Waals surface area contributed by atoms with Crippen molar-refractivity contribution < 1.29 is 31.5 Å². The van der Waals surface area contributed by atoms with Gasteiger partial charge in [-0.2, -0.15) is 4.31 Å². The summed E-state index contributed by atoms with van der Waals surface area (Å²) in [7, 11) is -2.50. The standard InChI is InChI=1S/C21H19F3N2O4S/c1-25(31(29,30)14-5-2-12(22)3-6-14)13-4-7-19-16(9-21(27)28)15-8-17(23)18(24)10-20(15)26(19)11-13/h2-3,5-6,8,10,13H,4,7,9,11H2,1H3,(H,27,28)/t13-/m1/s1. The molecule has 2 heterocycles. The van der Waals surface area contributed by atoms with Crippen LogP contribution in [0.4, 0.5) is 13.2 Å². The fourth-order valence-corrected chi connectivity index (χ4v) is 5.56. The Labute approximate surface area is 176 Å². The van der Waals surface area contributed by atoms with Gasteiger partial charge in [-0.25, -0.2) is 21.6 Å². The smallest absolute Gasteiger partial charge is 0.307 e. The van der Waals surface area contributed by atoms with E-state index < -0.39 is 39.5 Å². The Kier molecular flexibility index (Phi) is 5.30. The number of fused-ring (bicyclic) bond motifs is 3. The molecule has 1 N–H and O–H groups in total. The molecule has 1 atom stereocenters. The zero-order chi connectivity index (χ0) is 22.5. The highest BCUT2D eigenvalue weighted by atomic mass is 32.2. The highest BCUT2D eigenvalue weighted by Crippen LogP contribution is 2.34. The number of aliphatic carboxylic acids is 1. The molecule has 0 amide bonds. The molecule has 10 heteroatoms. The lowest BCUT2D eigenvalue weighted by atomic mass is 10.0. The lowest BCUT2D eigenvalue weighted by Crippen LogP contribution is -2.42. The van der Waals surface area contributed by atoms with E-state index >= 15 is 0 Å². The lowest BCUT2D eigenvalue weighted by Gasteiger charge is -2.32. The van der Waals surface area contributed by atoms with E-state index in [2.05, 4.69) is 0 Å². The molecular formula is C21H19F3N2O4S. The van der Waals surface area contributed by atoms with Crippen molar-refractivity contribution in [2.45, 2.75) is 36.7 Å².